The molecule has 66 valence electrons. The molecule has 0 aliphatic carbocycles. The number of carbonyl (C=O) groups is 1. The zero-order chi connectivity index (χ0) is 8.97. The molecule has 0 spiro atoms. The summed E-state index contributed by atoms with van der Waals surface area (Å²) >= 11 is 0. The fourth-order valence-corrected chi connectivity index (χ4v) is 1.47. The summed E-state index contributed by atoms with van der Waals surface area (Å²) in [5.41, 5.74) is 2.65. The average molecular weight is 165 g/mol. The van der Waals surface area contributed by atoms with Crippen molar-refractivity contribution in [1.82, 2.24) is 4.90 Å². The van der Waals surface area contributed by atoms with Crippen LogP contribution in [0.4, 0.5) is 0 Å². The number of nitrogens with zero attached hydrogens (tertiary/aromatic N) is 1. The van der Waals surface area contributed by atoms with E-state index in [4.69, 9.17) is 0 Å². The number of carbonyl (C=O) groups excluding carboxylic acids is 1. The Morgan fingerprint density at radius 2 is 2.17 bits per heavy atom. The highest BCUT2D eigenvalue weighted by atomic mass is 16.2. The number of amides is 1. The van der Waals surface area contributed by atoms with Crippen LogP contribution in [-0.2, 0) is 4.79 Å². The molecular weight excluding hydrogens is 150 g/mol. The van der Waals surface area contributed by atoms with Crippen molar-refractivity contribution in [2.75, 3.05) is 13.1 Å². The molecular formula is C10H15NO. The highest BCUT2D eigenvalue weighted by Crippen LogP contribution is 2.12. The van der Waals surface area contributed by atoms with Gasteiger partial charge in [-0.3, -0.25) is 4.79 Å². The molecule has 1 unspecified atom stereocenters. The van der Waals surface area contributed by atoms with Gasteiger partial charge in [0.2, 0.25) is 5.91 Å². The average Bonchev–Trinajstić information content (AvgIpc) is 2.55. The third-order valence-corrected chi connectivity index (χ3v) is 2.18. The zero-order valence-corrected chi connectivity index (χ0v) is 7.55. The van der Waals surface area contributed by atoms with Crippen molar-refractivity contribution in [3.05, 3.63) is 18.4 Å². The minimum Gasteiger partial charge on any atom is -0.342 e. The highest BCUT2D eigenvalue weighted by Gasteiger charge is 2.20. The Hall–Kier alpha value is -1.01. The van der Waals surface area contributed by atoms with Crippen molar-refractivity contribution in [3.63, 3.8) is 0 Å². The molecule has 1 fully saturated rings. The van der Waals surface area contributed by atoms with Crippen LogP contribution in [-0.4, -0.2) is 23.9 Å². The van der Waals surface area contributed by atoms with Crippen molar-refractivity contribution in [2.45, 2.75) is 19.8 Å². The minimum absolute atomic E-state index is 0.0550. The fraction of sp³-hybridized carbons (Fsp3) is 0.600. The Labute approximate surface area is 73.6 Å². The predicted molar refractivity (Wildman–Crippen MR) is 48.7 cm³/mol. The maximum absolute atomic E-state index is 11.6. The van der Waals surface area contributed by atoms with Crippen LogP contribution in [0.3, 0.4) is 0 Å². The van der Waals surface area contributed by atoms with Crippen LogP contribution in [0.25, 0.3) is 0 Å². The molecule has 0 saturated carbocycles. The van der Waals surface area contributed by atoms with Crippen molar-refractivity contribution in [3.8, 4) is 0 Å². The summed E-state index contributed by atoms with van der Waals surface area (Å²) in [4.78, 5) is 13.5. The molecule has 1 rings (SSSR count). The molecule has 0 N–H and O–H groups in total. The van der Waals surface area contributed by atoms with Gasteiger partial charge in [-0.15, -0.1) is 5.73 Å². The molecule has 0 aromatic rings. The standard InChI is InChI=1S/C10H15NO/c1-3-6-9(2)10(12)11-7-4-5-8-11/h6,9H,1,4-5,7-8H2,2H3. The highest BCUT2D eigenvalue weighted by molar-refractivity contribution is 5.80. The Balaban J connectivity index is 2.50. The Morgan fingerprint density at radius 1 is 1.58 bits per heavy atom. The fourth-order valence-electron chi connectivity index (χ4n) is 1.47. The van der Waals surface area contributed by atoms with Gasteiger partial charge in [0.05, 0.1) is 5.92 Å². The monoisotopic (exact) mass is 165 g/mol. The van der Waals surface area contributed by atoms with Gasteiger partial charge >= 0.3 is 0 Å². The molecule has 12 heavy (non-hydrogen) atoms. The number of hydrogen-bond acceptors (Lipinski definition) is 1. The largest absolute Gasteiger partial charge is 0.342 e. The lowest BCUT2D eigenvalue weighted by Gasteiger charge is -2.17. The van der Waals surface area contributed by atoms with Crippen LogP contribution < -0.4 is 0 Å². The second-order valence-electron chi connectivity index (χ2n) is 3.19. The van der Waals surface area contributed by atoms with E-state index in [1.54, 1.807) is 6.08 Å². The van der Waals surface area contributed by atoms with E-state index in [1.807, 2.05) is 11.8 Å². The van der Waals surface area contributed by atoms with E-state index in [-0.39, 0.29) is 11.8 Å². The van der Waals surface area contributed by atoms with Crippen molar-refractivity contribution in [1.29, 1.82) is 0 Å². The van der Waals surface area contributed by atoms with E-state index in [9.17, 15) is 4.79 Å². The van der Waals surface area contributed by atoms with Gasteiger partial charge < -0.3 is 4.90 Å². The van der Waals surface area contributed by atoms with Gasteiger partial charge in [-0.25, -0.2) is 0 Å². The van der Waals surface area contributed by atoms with Crippen LogP contribution in [0.15, 0.2) is 18.4 Å². The molecule has 2 heteroatoms. The van der Waals surface area contributed by atoms with Crippen molar-refractivity contribution in [2.24, 2.45) is 5.92 Å². The lowest BCUT2D eigenvalue weighted by atomic mass is 10.1. The topological polar surface area (TPSA) is 20.3 Å². The zero-order valence-electron chi connectivity index (χ0n) is 7.55. The Morgan fingerprint density at radius 3 is 2.67 bits per heavy atom. The first kappa shape index (κ1) is 9.08. The molecule has 1 atom stereocenters. The Bertz CT molecular complexity index is 210. The third kappa shape index (κ3) is 1.99. The Kier molecular flexibility index (Phi) is 3.12. The van der Waals surface area contributed by atoms with Gasteiger partial charge in [0, 0.05) is 13.1 Å². The normalized spacial score (nSPS) is 18.6. The summed E-state index contributed by atoms with van der Waals surface area (Å²) in [6.45, 7) is 7.20. The van der Waals surface area contributed by atoms with Crippen LogP contribution in [0.1, 0.15) is 19.8 Å². The van der Waals surface area contributed by atoms with Crippen LogP contribution in [0.5, 0.6) is 0 Å². The van der Waals surface area contributed by atoms with Crippen molar-refractivity contribution >= 4 is 5.91 Å². The molecule has 1 aliphatic heterocycles. The minimum atomic E-state index is -0.0550. The second-order valence-corrected chi connectivity index (χ2v) is 3.19. The SMILES string of the molecule is C=C=CC(C)C(=O)N1CCCC1. The van der Waals surface area contributed by atoms with E-state index in [1.165, 1.54) is 0 Å². The van der Waals surface area contributed by atoms with Gasteiger partial charge in [0.1, 0.15) is 0 Å². The first-order valence-corrected chi connectivity index (χ1v) is 4.40. The molecule has 0 bridgehead atoms. The first-order valence-electron chi connectivity index (χ1n) is 4.40. The van der Waals surface area contributed by atoms with Crippen LogP contribution in [0.2, 0.25) is 0 Å². The maximum Gasteiger partial charge on any atom is 0.229 e. The quantitative estimate of drug-likeness (QED) is 0.569. The smallest absolute Gasteiger partial charge is 0.229 e. The van der Waals surface area contributed by atoms with Crippen LogP contribution >= 0.6 is 0 Å². The predicted octanol–water partition coefficient (Wildman–Crippen LogP) is 1.59. The molecule has 1 saturated heterocycles. The molecule has 0 aromatic carbocycles. The molecule has 0 radical (unpaired) electrons. The lowest BCUT2D eigenvalue weighted by Crippen LogP contribution is -2.31. The van der Waals surface area contributed by atoms with E-state index in [0.29, 0.717) is 0 Å². The van der Waals surface area contributed by atoms with E-state index < -0.39 is 0 Å². The number of rotatable bonds is 2. The maximum atomic E-state index is 11.6. The summed E-state index contributed by atoms with van der Waals surface area (Å²) in [6.07, 6.45) is 4.02. The molecule has 1 heterocycles. The first-order chi connectivity index (χ1) is 5.75. The lowest BCUT2D eigenvalue weighted by molar-refractivity contribution is -0.132. The van der Waals surface area contributed by atoms with Gasteiger partial charge in [0.25, 0.3) is 0 Å². The summed E-state index contributed by atoms with van der Waals surface area (Å²) < 4.78 is 0. The van der Waals surface area contributed by atoms with E-state index in [0.717, 1.165) is 25.9 Å². The second kappa shape index (κ2) is 4.13. The van der Waals surface area contributed by atoms with Gasteiger partial charge in [-0.1, -0.05) is 6.58 Å². The molecule has 1 amide bonds. The summed E-state index contributed by atoms with van der Waals surface area (Å²) in [7, 11) is 0. The van der Waals surface area contributed by atoms with E-state index in [2.05, 4.69) is 12.3 Å². The van der Waals surface area contributed by atoms with Gasteiger partial charge in [-0.05, 0) is 25.8 Å². The van der Waals surface area contributed by atoms with Gasteiger partial charge in [0.15, 0.2) is 0 Å². The number of hydrogen-bond donors (Lipinski definition) is 0. The summed E-state index contributed by atoms with van der Waals surface area (Å²) in [6, 6.07) is 0. The molecule has 1 aliphatic rings. The molecule has 2 nitrogen and oxygen atoms in total. The van der Waals surface area contributed by atoms with Crippen LogP contribution in [0, 0.1) is 5.92 Å². The van der Waals surface area contributed by atoms with Crippen molar-refractivity contribution < 1.29 is 4.79 Å². The number of likely N-dealkylation sites (tertiary alicyclic amines) is 1. The summed E-state index contributed by atoms with van der Waals surface area (Å²) in [5, 5.41) is 0. The third-order valence-electron chi connectivity index (χ3n) is 2.18. The van der Waals surface area contributed by atoms with E-state index >= 15 is 0 Å². The van der Waals surface area contributed by atoms with Gasteiger partial charge in [-0.2, -0.15) is 0 Å². The summed E-state index contributed by atoms with van der Waals surface area (Å²) in [5.74, 6) is 0.157. The molecule has 0 aromatic heterocycles.